The van der Waals surface area contributed by atoms with Crippen molar-refractivity contribution in [2.45, 2.75) is 42.7 Å². The molecular weight excluding hydrogens is 292 g/mol. The van der Waals surface area contributed by atoms with Crippen LogP contribution in [0.3, 0.4) is 0 Å². The van der Waals surface area contributed by atoms with Crippen molar-refractivity contribution in [1.82, 2.24) is 10.0 Å². The highest BCUT2D eigenvalue weighted by atomic mass is 32.2. The molecule has 1 aromatic rings. The van der Waals surface area contributed by atoms with E-state index in [0.29, 0.717) is 6.42 Å². The lowest BCUT2D eigenvalue weighted by Gasteiger charge is -2.28. The van der Waals surface area contributed by atoms with Crippen LogP contribution >= 0.6 is 0 Å². The van der Waals surface area contributed by atoms with Crippen molar-refractivity contribution in [2.75, 3.05) is 6.54 Å². The van der Waals surface area contributed by atoms with Crippen LogP contribution in [0, 0.1) is 0 Å². The van der Waals surface area contributed by atoms with Crippen molar-refractivity contribution >= 4 is 15.9 Å². The minimum atomic E-state index is -3.68. The van der Waals surface area contributed by atoms with Crippen LogP contribution in [0.1, 0.15) is 25.7 Å². The Morgan fingerprint density at radius 1 is 1.19 bits per heavy atom. The van der Waals surface area contributed by atoms with Crippen molar-refractivity contribution in [1.29, 1.82) is 0 Å². The predicted molar refractivity (Wildman–Crippen MR) is 78.0 cm³/mol. The molecule has 1 aromatic carbocycles. The van der Waals surface area contributed by atoms with Crippen molar-refractivity contribution in [3.8, 4) is 0 Å². The predicted octanol–water partition coefficient (Wildman–Crippen LogP) is 0.385. The third kappa shape index (κ3) is 4.52. The van der Waals surface area contributed by atoms with Gasteiger partial charge in [0.15, 0.2) is 0 Å². The van der Waals surface area contributed by atoms with E-state index in [0.717, 1.165) is 19.3 Å². The van der Waals surface area contributed by atoms with Gasteiger partial charge in [-0.2, -0.15) is 0 Å². The molecule has 116 valence electrons. The van der Waals surface area contributed by atoms with Crippen LogP contribution in [0.5, 0.6) is 0 Å². The Morgan fingerprint density at radius 2 is 1.86 bits per heavy atom. The molecule has 1 aliphatic rings. The first-order chi connectivity index (χ1) is 9.99. The summed E-state index contributed by atoms with van der Waals surface area (Å²) in [4.78, 5) is 11.9. The zero-order valence-corrected chi connectivity index (χ0v) is 12.5. The number of hydrogen-bond donors (Lipinski definition) is 3. The molecule has 0 saturated heterocycles. The molecule has 1 saturated carbocycles. The van der Waals surface area contributed by atoms with Crippen molar-refractivity contribution < 1.29 is 18.3 Å². The van der Waals surface area contributed by atoms with Crippen LogP contribution in [-0.2, 0) is 14.8 Å². The number of benzene rings is 1. The minimum absolute atomic E-state index is 0.121. The van der Waals surface area contributed by atoms with E-state index in [2.05, 4.69) is 10.0 Å². The number of carbonyl (C=O) groups is 1. The lowest BCUT2D eigenvalue weighted by molar-refractivity contribution is -0.121. The van der Waals surface area contributed by atoms with Crippen LogP contribution in [0.4, 0.5) is 0 Å². The summed E-state index contributed by atoms with van der Waals surface area (Å²) < 4.78 is 26.2. The summed E-state index contributed by atoms with van der Waals surface area (Å²) in [5.74, 6) is -0.430. The Bertz CT molecular complexity index is 574. The standard InChI is InChI=1S/C14H20N2O4S/c17-13-9-5-4-8-12(13)16-14(18)10-15-21(19,20)11-6-2-1-3-7-11/h1-3,6-7,12-13,15,17H,4-5,8-10H2,(H,16,18)/t12-,13-/m0/s1. The number of carbonyl (C=O) groups excluding carboxylic acids is 1. The molecule has 3 N–H and O–H groups in total. The first-order valence-electron chi connectivity index (χ1n) is 7.01. The quantitative estimate of drug-likeness (QED) is 0.732. The number of aliphatic hydroxyl groups is 1. The number of aliphatic hydroxyl groups excluding tert-OH is 1. The fourth-order valence-electron chi connectivity index (χ4n) is 2.38. The van der Waals surface area contributed by atoms with Gasteiger partial charge >= 0.3 is 0 Å². The van der Waals surface area contributed by atoms with E-state index in [9.17, 15) is 18.3 Å². The summed E-state index contributed by atoms with van der Waals surface area (Å²) >= 11 is 0. The molecule has 0 heterocycles. The zero-order valence-electron chi connectivity index (χ0n) is 11.7. The first-order valence-corrected chi connectivity index (χ1v) is 8.49. The van der Waals surface area contributed by atoms with Crippen LogP contribution < -0.4 is 10.0 Å². The summed E-state index contributed by atoms with van der Waals surface area (Å²) in [7, 11) is -3.68. The van der Waals surface area contributed by atoms with Gasteiger partial charge in [-0.25, -0.2) is 13.1 Å². The van der Waals surface area contributed by atoms with Crippen molar-refractivity contribution in [3.05, 3.63) is 30.3 Å². The van der Waals surface area contributed by atoms with Gasteiger partial charge in [-0.05, 0) is 25.0 Å². The van der Waals surface area contributed by atoms with Gasteiger partial charge in [0, 0.05) is 0 Å². The SMILES string of the molecule is O=C(CNS(=O)(=O)c1ccccc1)N[C@H]1CCCC[C@@H]1O. The molecule has 0 aromatic heterocycles. The van der Waals surface area contributed by atoms with E-state index < -0.39 is 22.0 Å². The van der Waals surface area contributed by atoms with Crippen LogP contribution in [0.15, 0.2) is 35.2 Å². The third-order valence-electron chi connectivity index (χ3n) is 3.55. The third-order valence-corrected chi connectivity index (χ3v) is 4.97. The number of rotatable bonds is 5. The molecule has 0 bridgehead atoms. The molecule has 1 amide bonds. The molecule has 2 rings (SSSR count). The fourth-order valence-corrected chi connectivity index (χ4v) is 3.38. The maximum absolute atomic E-state index is 12.0. The molecule has 21 heavy (non-hydrogen) atoms. The molecule has 0 radical (unpaired) electrons. The van der Waals surface area contributed by atoms with Crippen molar-refractivity contribution in [3.63, 3.8) is 0 Å². The second-order valence-electron chi connectivity index (χ2n) is 5.16. The number of sulfonamides is 1. The Kier molecular flexibility index (Phi) is 5.33. The average Bonchev–Trinajstić information content (AvgIpc) is 2.49. The van der Waals surface area contributed by atoms with E-state index >= 15 is 0 Å². The highest BCUT2D eigenvalue weighted by Gasteiger charge is 2.25. The van der Waals surface area contributed by atoms with Gasteiger partial charge in [0.2, 0.25) is 15.9 Å². The molecule has 0 spiro atoms. The summed E-state index contributed by atoms with van der Waals surface area (Å²) in [5, 5.41) is 12.4. The van der Waals surface area contributed by atoms with Crippen molar-refractivity contribution in [2.24, 2.45) is 0 Å². The van der Waals surface area contributed by atoms with Crippen LogP contribution in [0.25, 0.3) is 0 Å². The van der Waals surface area contributed by atoms with E-state index in [1.165, 1.54) is 12.1 Å². The molecule has 7 heteroatoms. The molecule has 1 fully saturated rings. The Balaban J connectivity index is 1.86. The van der Waals surface area contributed by atoms with E-state index in [1.807, 2.05) is 0 Å². The van der Waals surface area contributed by atoms with Crippen LogP contribution in [0.2, 0.25) is 0 Å². The maximum Gasteiger partial charge on any atom is 0.241 e. The topological polar surface area (TPSA) is 95.5 Å². The van der Waals surface area contributed by atoms with Gasteiger partial charge in [0.05, 0.1) is 23.6 Å². The monoisotopic (exact) mass is 312 g/mol. The lowest BCUT2D eigenvalue weighted by Crippen LogP contribution is -2.48. The first kappa shape index (κ1) is 15.9. The maximum atomic E-state index is 12.0. The highest BCUT2D eigenvalue weighted by Crippen LogP contribution is 2.18. The second kappa shape index (κ2) is 7.02. The summed E-state index contributed by atoms with van der Waals surface area (Å²) in [5.41, 5.74) is 0. The summed E-state index contributed by atoms with van der Waals surface area (Å²) in [6, 6.07) is 7.60. The van der Waals surface area contributed by atoms with Gasteiger partial charge in [-0.15, -0.1) is 0 Å². The van der Waals surface area contributed by atoms with Gasteiger partial charge in [-0.1, -0.05) is 31.0 Å². The molecule has 0 aliphatic heterocycles. The van der Waals surface area contributed by atoms with E-state index in [4.69, 9.17) is 0 Å². The summed E-state index contributed by atoms with van der Waals surface area (Å²) in [6.45, 7) is -0.333. The van der Waals surface area contributed by atoms with Crippen LogP contribution in [-0.4, -0.2) is 38.1 Å². The Labute approximate surface area is 124 Å². The Hall–Kier alpha value is -1.44. The molecule has 0 unspecified atom stereocenters. The number of nitrogens with one attached hydrogen (secondary N) is 2. The zero-order chi connectivity index (χ0) is 15.3. The second-order valence-corrected chi connectivity index (χ2v) is 6.93. The van der Waals surface area contributed by atoms with Gasteiger partial charge in [0.25, 0.3) is 0 Å². The summed E-state index contributed by atoms with van der Waals surface area (Å²) in [6.07, 6.45) is 2.75. The fraction of sp³-hybridized carbons (Fsp3) is 0.500. The number of hydrogen-bond acceptors (Lipinski definition) is 4. The lowest BCUT2D eigenvalue weighted by atomic mass is 9.92. The molecule has 1 aliphatic carbocycles. The molecule has 2 atom stereocenters. The van der Waals surface area contributed by atoms with E-state index in [1.54, 1.807) is 18.2 Å². The Morgan fingerprint density at radius 3 is 2.52 bits per heavy atom. The minimum Gasteiger partial charge on any atom is -0.391 e. The smallest absolute Gasteiger partial charge is 0.241 e. The largest absolute Gasteiger partial charge is 0.391 e. The number of amides is 1. The van der Waals surface area contributed by atoms with Gasteiger partial charge in [0.1, 0.15) is 0 Å². The van der Waals surface area contributed by atoms with Gasteiger partial charge in [-0.3, -0.25) is 4.79 Å². The molecular formula is C14H20N2O4S. The van der Waals surface area contributed by atoms with E-state index in [-0.39, 0.29) is 17.5 Å². The molecule has 6 nitrogen and oxygen atoms in total. The normalized spacial score (nSPS) is 22.7. The van der Waals surface area contributed by atoms with Gasteiger partial charge < -0.3 is 10.4 Å². The average molecular weight is 312 g/mol. The highest BCUT2D eigenvalue weighted by molar-refractivity contribution is 7.89.